The number of nitrogens with zero attached hydrogens (tertiary/aromatic N) is 4. The Kier molecular flexibility index (Phi) is 7.73. The van der Waals surface area contributed by atoms with Crippen LogP contribution in [-0.4, -0.2) is 68.8 Å². The Bertz CT molecular complexity index is 1240. The van der Waals surface area contributed by atoms with E-state index >= 15 is 0 Å². The van der Waals surface area contributed by atoms with E-state index < -0.39 is 10.0 Å². The van der Waals surface area contributed by atoms with Gasteiger partial charge in [-0.2, -0.15) is 4.31 Å². The number of anilines is 1. The number of thiazole rings is 1. The van der Waals surface area contributed by atoms with Gasteiger partial charge in [0.25, 0.3) is 10.0 Å². The summed E-state index contributed by atoms with van der Waals surface area (Å²) in [5.41, 5.74) is 3.25. The minimum atomic E-state index is -3.48. The van der Waals surface area contributed by atoms with Crippen molar-refractivity contribution < 1.29 is 13.2 Å². The number of rotatable bonds is 8. The number of carbonyl (C=O) groups is 1. The lowest BCUT2D eigenvalue weighted by molar-refractivity contribution is -0.123. The smallest absolute Gasteiger partial charge is 0.252 e. The number of fused-ring (bicyclic) bond motifs is 1. The first-order valence-electron chi connectivity index (χ1n) is 11.5. The Morgan fingerprint density at radius 1 is 1.18 bits per heavy atom. The highest BCUT2D eigenvalue weighted by atomic mass is 32.2. The number of hydrogen-bond donors (Lipinski definition) is 0. The first-order chi connectivity index (χ1) is 16.2. The van der Waals surface area contributed by atoms with E-state index in [1.165, 1.54) is 21.2 Å². The summed E-state index contributed by atoms with van der Waals surface area (Å²) in [4.78, 5) is 22.5. The maximum absolute atomic E-state index is 13.7. The van der Waals surface area contributed by atoms with E-state index in [4.69, 9.17) is 4.98 Å². The number of hydrogen-bond acceptors (Lipinski definition) is 7. The molecule has 10 heteroatoms. The summed E-state index contributed by atoms with van der Waals surface area (Å²) in [6, 6.07) is 7.63. The largest absolute Gasteiger partial charge is 0.309 e. The standard InChI is InChI=1S/C24H32N4O3S3/c1-17-15-18(2)22-20(16-17)33-24(25-22)28(11-6-10-26(3)4)23(29)19-8-12-27(13-9-19)34(30,31)21-7-5-14-32-21/h5,7,14-16,19H,6,8-13H2,1-4H3. The van der Waals surface area contributed by atoms with Crippen LogP contribution < -0.4 is 4.90 Å². The third-order valence-corrected chi connectivity index (χ3v) is 10.5. The highest BCUT2D eigenvalue weighted by Crippen LogP contribution is 2.34. The molecule has 1 aromatic carbocycles. The monoisotopic (exact) mass is 520 g/mol. The Hall–Kier alpha value is -1.85. The van der Waals surface area contributed by atoms with Gasteiger partial charge in [-0.3, -0.25) is 9.69 Å². The normalized spacial score (nSPS) is 15.9. The number of aromatic nitrogens is 1. The molecule has 1 saturated heterocycles. The van der Waals surface area contributed by atoms with Gasteiger partial charge in [-0.15, -0.1) is 11.3 Å². The summed E-state index contributed by atoms with van der Waals surface area (Å²) < 4.78 is 28.7. The van der Waals surface area contributed by atoms with Crippen LogP contribution in [0.25, 0.3) is 10.2 Å². The molecule has 0 saturated carbocycles. The number of benzene rings is 1. The molecule has 34 heavy (non-hydrogen) atoms. The molecule has 0 spiro atoms. The maximum atomic E-state index is 13.7. The average molecular weight is 521 g/mol. The Labute approximate surface area is 210 Å². The zero-order valence-electron chi connectivity index (χ0n) is 20.2. The molecule has 1 amide bonds. The van der Waals surface area contributed by atoms with Gasteiger partial charge < -0.3 is 4.90 Å². The maximum Gasteiger partial charge on any atom is 0.252 e. The van der Waals surface area contributed by atoms with Crippen molar-refractivity contribution in [2.24, 2.45) is 5.92 Å². The van der Waals surface area contributed by atoms with Crippen molar-refractivity contribution in [1.82, 2.24) is 14.2 Å². The van der Waals surface area contributed by atoms with Gasteiger partial charge in [0.15, 0.2) is 5.13 Å². The first kappa shape index (κ1) is 25.2. The number of piperidine rings is 1. The summed E-state index contributed by atoms with van der Waals surface area (Å²) >= 11 is 2.80. The first-order valence-corrected chi connectivity index (χ1v) is 14.7. The van der Waals surface area contributed by atoms with Crippen LogP contribution in [0.2, 0.25) is 0 Å². The third-order valence-electron chi connectivity index (χ3n) is 6.19. The molecule has 0 unspecified atom stereocenters. The second-order valence-electron chi connectivity index (χ2n) is 9.18. The van der Waals surface area contributed by atoms with Crippen LogP contribution >= 0.6 is 22.7 Å². The summed E-state index contributed by atoms with van der Waals surface area (Å²) in [7, 11) is 0.576. The van der Waals surface area contributed by atoms with Crippen molar-refractivity contribution >= 4 is 54.0 Å². The molecular formula is C24H32N4O3S3. The van der Waals surface area contributed by atoms with Crippen molar-refractivity contribution in [3.05, 3.63) is 40.8 Å². The van der Waals surface area contributed by atoms with Gasteiger partial charge in [-0.25, -0.2) is 13.4 Å². The van der Waals surface area contributed by atoms with Gasteiger partial charge in [-0.1, -0.05) is 23.5 Å². The van der Waals surface area contributed by atoms with Crippen LogP contribution in [-0.2, 0) is 14.8 Å². The summed E-state index contributed by atoms with van der Waals surface area (Å²) in [6.07, 6.45) is 1.89. The van der Waals surface area contributed by atoms with E-state index in [2.05, 4.69) is 30.9 Å². The molecule has 1 fully saturated rings. The van der Waals surface area contributed by atoms with Crippen LogP contribution in [0.3, 0.4) is 0 Å². The van der Waals surface area contributed by atoms with Gasteiger partial charge in [0.1, 0.15) is 4.21 Å². The van der Waals surface area contributed by atoms with E-state index in [9.17, 15) is 13.2 Å². The fraction of sp³-hybridized carbons (Fsp3) is 0.500. The summed E-state index contributed by atoms with van der Waals surface area (Å²) in [5.74, 6) is -0.149. The zero-order valence-corrected chi connectivity index (χ0v) is 22.6. The minimum absolute atomic E-state index is 0.0559. The fourth-order valence-electron chi connectivity index (χ4n) is 4.42. The molecule has 3 aromatic rings. The van der Waals surface area contributed by atoms with E-state index in [0.29, 0.717) is 36.7 Å². The average Bonchev–Trinajstić information content (AvgIpc) is 3.47. The predicted molar refractivity (Wildman–Crippen MR) is 140 cm³/mol. The number of thiophene rings is 1. The molecule has 7 nitrogen and oxygen atoms in total. The predicted octanol–water partition coefficient (Wildman–Crippen LogP) is 4.36. The summed E-state index contributed by atoms with van der Waals surface area (Å²) in [5, 5.41) is 2.51. The number of carbonyl (C=O) groups excluding carboxylic acids is 1. The van der Waals surface area contributed by atoms with Crippen molar-refractivity contribution in [2.75, 3.05) is 45.2 Å². The highest BCUT2D eigenvalue weighted by Gasteiger charge is 2.35. The van der Waals surface area contributed by atoms with Crippen LogP contribution in [0.4, 0.5) is 5.13 Å². The van der Waals surface area contributed by atoms with Gasteiger partial charge >= 0.3 is 0 Å². The molecule has 1 aliphatic rings. The zero-order chi connectivity index (χ0) is 24.5. The molecule has 0 N–H and O–H groups in total. The molecule has 184 valence electrons. The number of aryl methyl sites for hydroxylation is 2. The van der Waals surface area contributed by atoms with Crippen LogP contribution in [0.5, 0.6) is 0 Å². The second-order valence-corrected chi connectivity index (χ2v) is 13.3. The van der Waals surface area contributed by atoms with Crippen molar-refractivity contribution in [1.29, 1.82) is 0 Å². The van der Waals surface area contributed by atoms with Gasteiger partial charge in [0, 0.05) is 25.6 Å². The molecule has 2 aromatic heterocycles. The van der Waals surface area contributed by atoms with Crippen LogP contribution in [0.1, 0.15) is 30.4 Å². The quantitative estimate of drug-likeness (QED) is 0.441. The molecule has 0 radical (unpaired) electrons. The Morgan fingerprint density at radius 3 is 2.56 bits per heavy atom. The molecule has 0 aliphatic carbocycles. The SMILES string of the molecule is Cc1cc(C)c2nc(N(CCCN(C)C)C(=O)C3CCN(S(=O)(=O)c4cccs4)CC3)sc2c1. The Balaban J connectivity index is 1.53. The van der Waals surface area contributed by atoms with Gasteiger partial charge in [0.2, 0.25) is 5.91 Å². The number of amides is 1. The topological polar surface area (TPSA) is 73.8 Å². The van der Waals surface area contributed by atoms with Crippen LogP contribution in [0.15, 0.2) is 33.9 Å². The van der Waals surface area contributed by atoms with Crippen LogP contribution in [0, 0.1) is 19.8 Å². The Morgan fingerprint density at radius 2 is 1.91 bits per heavy atom. The van der Waals surface area contributed by atoms with Crippen molar-refractivity contribution in [2.45, 2.75) is 37.3 Å². The second kappa shape index (κ2) is 10.4. The molecule has 4 rings (SSSR count). The van der Waals surface area contributed by atoms with Crippen molar-refractivity contribution in [3.63, 3.8) is 0 Å². The third kappa shape index (κ3) is 5.36. The minimum Gasteiger partial charge on any atom is -0.309 e. The van der Waals surface area contributed by atoms with E-state index in [1.807, 2.05) is 19.0 Å². The fourth-order valence-corrected chi connectivity index (χ4v) is 8.21. The van der Waals surface area contributed by atoms with E-state index in [0.717, 1.165) is 33.9 Å². The van der Waals surface area contributed by atoms with Gasteiger partial charge in [-0.05, 0) is 82.4 Å². The van der Waals surface area contributed by atoms with E-state index in [1.54, 1.807) is 28.8 Å². The molecule has 0 atom stereocenters. The van der Waals surface area contributed by atoms with E-state index in [-0.39, 0.29) is 11.8 Å². The van der Waals surface area contributed by atoms with Gasteiger partial charge in [0.05, 0.1) is 10.2 Å². The molecule has 1 aliphatic heterocycles. The van der Waals surface area contributed by atoms with Crippen molar-refractivity contribution in [3.8, 4) is 0 Å². The lowest BCUT2D eigenvalue weighted by Crippen LogP contribution is -2.45. The molecular weight excluding hydrogens is 488 g/mol. The lowest BCUT2D eigenvalue weighted by Gasteiger charge is -2.32. The number of sulfonamides is 1. The highest BCUT2D eigenvalue weighted by molar-refractivity contribution is 7.91. The molecule has 3 heterocycles. The lowest BCUT2D eigenvalue weighted by atomic mass is 9.96. The molecule has 0 bridgehead atoms. The summed E-state index contributed by atoms with van der Waals surface area (Å²) in [6.45, 7) is 6.33.